The lowest BCUT2D eigenvalue weighted by Gasteiger charge is -2.04. The van der Waals surface area contributed by atoms with Gasteiger partial charge in [0.05, 0.1) is 12.7 Å². The number of hydrogen-bond acceptors (Lipinski definition) is 4. The van der Waals surface area contributed by atoms with Crippen LogP contribution in [0.4, 0.5) is 8.78 Å². The molecule has 0 aliphatic heterocycles. The molecule has 1 heterocycles. The highest BCUT2D eigenvalue weighted by Crippen LogP contribution is 2.23. The molecule has 0 aliphatic carbocycles. The molecule has 17 heavy (non-hydrogen) atoms. The van der Waals surface area contributed by atoms with Gasteiger partial charge in [-0.3, -0.25) is 0 Å². The zero-order valence-corrected chi connectivity index (χ0v) is 9.37. The van der Waals surface area contributed by atoms with E-state index in [1.807, 2.05) is 0 Å². The third-order valence-corrected chi connectivity index (χ3v) is 2.13. The molecule has 0 fully saturated rings. The first-order valence-electron chi connectivity index (χ1n) is 4.51. The summed E-state index contributed by atoms with van der Waals surface area (Å²) in [5.74, 6) is -2.12. The third-order valence-electron chi connectivity index (χ3n) is 1.96. The minimum atomic E-state index is -1.04. The normalized spacial score (nSPS) is 10.4. The zero-order chi connectivity index (χ0) is 12.4. The molecule has 0 atom stereocenters. The van der Waals surface area contributed by atoms with Gasteiger partial charge >= 0.3 is 6.01 Å². The molecule has 0 unspecified atom stereocenters. The van der Waals surface area contributed by atoms with E-state index >= 15 is 0 Å². The van der Waals surface area contributed by atoms with E-state index in [1.165, 1.54) is 19.2 Å². The van der Waals surface area contributed by atoms with Crippen LogP contribution in [0.3, 0.4) is 0 Å². The highest BCUT2D eigenvalue weighted by molar-refractivity contribution is 6.28. The number of benzene rings is 1. The largest absolute Gasteiger partial charge is 0.467 e. The molecule has 0 saturated heterocycles. The summed E-state index contributed by atoms with van der Waals surface area (Å²) in [5.41, 5.74) is -0.104. The molecule has 88 valence electrons. The van der Waals surface area contributed by atoms with Gasteiger partial charge in [0.2, 0.25) is 5.28 Å². The monoisotopic (exact) mass is 257 g/mol. The summed E-state index contributed by atoms with van der Waals surface area (Å²) in [6.45, 7) is 0. The summed E-state index contributed by atoms with van der Waals surface area (Å²) in [4.78, 5) is 11.1. The van der Waals surface area contributed by atoms with E-state index in [0.29, 0.717) is 0 Å². The molecule has 0 amide bonds. The van der Waals surface area contributed by atoms with Crippen LogP contribution in [0.2, 0.25) is 5.28 Å². The second kappa shape index (κ2) is 4.58. The Morgan fingerprint density at radius 3 is 2.65 bits per heavy atom. The standard InChI is InChI=1S/C10H6ClF2N3O/c1-17-10-15-8(14-9(11)16-10)5-3-2-4-6(12)7(5)13/h2-4H,1H3. The summed E-state index contributed by atoms with van der Waals surface area (Å²) in [5, 5.41) is -0.157. The van der Waals surface area contributed by atoms with Crippen LogP contribution in [0.25, 0.3) is 11.4 Å². The molecule has 4 nitrogen and oxygen atoms in total. The number of nitrogens with zero attached hydrogens (tertiary/aromatic N) is 3. The lowest BCUT2D eigenvalue weighted by molar-refractivity contribution is 0.378. The Kier molecular flexibility index (Phi) is 3.14. The first-order valence-corrected chi connectivity index (χ1v) is 4.89. The molecule has 1 aromatic carbocycles. The Morgan fingerprint density at radius 2 is 1.94 bits per heavy atom. The van der Waals surface area contributed by atoms with E-state index < -0.39 is 11.6 Å². The van der Waals surface area contributed by atoms with Crippen molar-refractivity contribution in [3.8, 4) is 17.4 Å². The van der Waals surface area contributed by atoms with Crippen molar-refractivity contribution < 1.29 is 13.5 Å². The van der Waals surface area contributed by atoms with Gasteiger partial charge in [-0.1, -0.05) is 6.07 Å². The van der Waals surface area contributed by atoms with E-state index in [-0.39, 0.29) is 22.7 Å². The molecular formula is C10H6ClF2N3O. The van der Waals surface area contributed by atoms with E-state index in [9.17, 15) is 8.78 Å². The maximum Gasteiger partial charge on any atom is 0.321 e. The summed E-state index contributed by atoms with van der Waals surface area (Å²) < 4.78 is 31.3. The quantitative estimate of drug-likeness (QED) is 0.829. The number of methoxy groups -OCH3 is 1. The number of rotatable bonds is 2. The maximum absolute atomic E-state index is 13.5. The van der Waals surface area contributed by atoms with Gasteiger partial charge < -0.3 is 4.74 Å². The van der Waals surface area contributed by atoms with Gasteiger partial charge in [0, 0.05) is 0 Å². The zero-order valence-electron chi connectivity index (χ0n) is 8.62. The minimum Gasteiger partial charge on any atom is -0.467 e. The minimum absolute atomic E-state index is 0.0661. The number of aromatic nitrogens is 3. The fourth-order valence-electron chi connectivity index (χ4n) is 1.22. The van der Waals surface area contributed by atoms with Crippen molar-refractivity contribution in [2.45, 2.75) is 0 Å². The van der Waals surface area contributed by atoms with Crippen molar-refractivity contribution in [2.75, 3.05) is 7.11 Å². The third kappa shape index (κ3) is 2.31. The van der Waals surface area contributed by atoms with Crippen LogP contribution < -0.4 is 4.74 Å². The van der Waals surface area contributed by atoms with Crippen molar-refractivity contribution in [3.63, 3.8) is 0 Å². The first kappa shape index (κ1) is 11.7. The summed E-state index contributed by atoms with van der Waals surface area (Å²) in [6, 6.07) is 3.61. The van der Waals surface area contributed by atoms with E-state index in [1.54, 1.807) is 0 Å². The highest BCUT2D eigenvalue weighted by Gasteiger charge is 2.14. The molecule has 0 bridgehead atoms. The van der Waals surface area contributed by atoms with Crippen molar-refractivity contribution in [3.05, 3.63) is 35.1 Å². The second-order valence-corrected chi connectivity index (χ2v) is 3.35. The van der Waals surface area contributed by atoms with Gasteiger partial charge in [0.1, 0.15) is 0 Å². The van der Waals surface area contributed by atoms with Gasteiger partial charge in [-0.05, 0) is 23.7 Å². The predicted molar refractivity (Wildman–Crippen MR) is 56.7 cm³/mol. The first-order chi connectivity index (χ1) is 8.11. The molecule has 1 aromatic heterocycles. The lowest BCUT2D eigenvalue weighted by atomic mass is 10.2. The fraction of sp³-hybridized carbons (Fsp3) is 0.100. The van der Waals surface area contributed by atoms with Crippen LogP contribution in [0.5, 0.6) is 6.01 Å². The van der Waals surface area contributed by atoms with Crippen molar-refractivity contribution in [1.82, 2.24) is 15.0 Å². The topological polar surface area (TPSA) is 47.9 Å². The van der Waals surface area contributed by atoms with Gasteiger partial charge in [-0.15, -0.1) is 0 Å². The molecule has 0 aliphatic rings. The van der Waals surface area contributed by atoms with Gasteiger partial charge in [-0.2, -0.15) is 15.0 Å². The average molecular weight is 258 g/mol. The Labute approximate surface area is 100 Å². The molecular weight excluding hydrogens is 252 g/mol. The molecule has 2 rings (SSSR count). The van der Waals surface area contributed by atoms with E-state index in [2.05, 4.69) is 15.0 Å². The van der Waals surface area contributed by atoms with Gasteiger partial charge in [-0.25, -0.2) is 8.78 Å². The van der Waals surface area contributed by atoms with Crippen LogP contribution >= 0.6 is 11.6 Å². The van der Waals surface area contributed by atoms with Gasteiger partial charge in [0.25, 0.3) is 0 Å². The summed E-state index contributed by atoms with van der Waals surface area (Å²) in [7, 11) is 1.33. The second-order valence-electron chi connectivity index (χ2n) is 3.02. The Hall–Kier alpha value is -1.82. The van der Waals surface area contributed by atoms with E-state index in [4.69, 9.17) is 16.3 Å². The van der Waals surface area contributed by atoms with Crippen LogP contribution in [-0.4, -0.2) is 22.1 Å². The smallest absolute Gasteiger partial charge is 0.321 e. The van der Waals surface area contributed by atoms with Crippen molar-refractivity contribution in [1.29, 1.82) is 0 Å². The van der Waals surface area contributed by atoms with Crippen LogP contribution in [0, 0.1) is 11.6 Å². The SMILES string of the molecule is COc1nc(Cl)nc(-c2cccc(F)c2F)n1. The lowest BCUT2D eigenvalue weighted by Crippen LogP contribution is -2.00. The van der Waals surface area contributed by atoms with Crippen molar-refractivity contribution in [2.24, 2.45) is 0 Å². The molecule has 0 spiro atoms. The Bertz CT molecular complexity index is 565. The average Bonchev–Trinajstić information content (AvgIpc) is 2.31. The number of ether oxygens (including phenoxy) is 1. The maximum atomic E-state index is 13.5. The van der Waals surface area contributed by atoms with Crippen LogP contribution in [0.15, 0.2) is 18.2 Å². The Balaban J connectivity index is 2.60. The fourth-order valence-corrected chi connectivity index (χ4v) is 1.37. The summed E-state index contributed by atoms with van der Waals surface area (Å²) in [6.07, 6.45) is 0. The van der Waals surface area contributed by atoms with E-state index in [0.717, 1.165) is 6.07 Å². The number of halogens is 3. The molecule has 2 aromatic rings. The van der Waals surface area contributed by atoms with Crippen molar-refractivity contribution >= 4 is 11.6 Å². The van der Waals surface area contributed by atoms with Crippen LogP contribution in [0.1, 0.15) is 0 Å². The number of hydrogen-bond donors (Lipinski definition) is 0. The summed E-state index contributed by atoms with van der Waals surface area (Å²) >= 11 is 5.61. The molecule has 0 radical (unpaired) electrons. The molecule has 0 saturated carbocycles. The molecule has 0 N–H and O–H groups in total. The Morgan fingerprint density at radius 1 is 1.18 bits per heavy atom. The van der Waals surface area contributed by atoms with Crippen LogP contribution in [-0.2, 0) is 0 Å². The highest BCUT2D eigenvalue weighted by atomic mass is 35.5. The predicted octanol–water partition coefficient (Wildman–Crippen LogP) is 2.48. The van der Waals surface area contributed by atoms with Gasteiger partial charge in [0.15, 0.2) is 17.5 Å². The molecule has 7 heteroatoms.